The SMILES string of the molecule is N#CCN(CCc1cccnc1)C1CCCC1. The van der Waals surface area contributed by atoms with Gasteiger partial charge in [0.15, 0.2) is 0 Å². The second-order valence-corrected chi connectivity index (χ2v) is 4.68. The molecule has 0 aromatic carbocycles. The lowest BCUT2D eigenvalue weighted by atomic mass is 10.1. The lowest BCUT2D eigenvalue weighted by Crippen LogP contribution is -2.35. The first-order valence-electron chi connectivity index (χ1n) is 6.40. The highest BCUT2D eigenvalue weighted by atomic mass is 15.1. The minimum Gasteiger partial charge on any atom is -0.287 e. The smallest absolute Gasteiger partial charge is 0.0868 e. The first kappa shape index (κ1) is 12.1. The molecule has 0 saturated heterocycles. The van der Waals surface area contributed by atoms with Crippen LogP contribution in [0.15, 0.2) is 24.5 Å². The van der Waals surface area contributed by atoms with Crippen LogP contribution < -0.4 is 0 Å². The van der Waals surface area contributed by atoms with Gasteiger partial charge >= 0.3 is 0 Å². The van der Waals surface area contributed by atoms with Gasteiger partial charge in [-0.05, 0) is 30.9 Å². The molecule has 0 radical (unpaired) electrons. The van der Waals surface area contributed by atoms with Crippen molar-refractivity contribution in [2.75, 3.05) is 13.1 Å². The molecule has 0 amide bonds. The molecule has 0 atom stereocenters. The van der Waals surface area contributed by atoms with Crippen LogP contribution in [-0.2, 0) is 6.42 Å². The summed E-state index contributed by atoms with van der Waals surface area (Å²) in [4.78, 5) is 6.46. The highest BCUT2D eigenvalue weighted by Gasteiger charge is 2.21. The van der Waals surface area contributed by atoms with Gasteiger partial charge in [0.25, 0.3) is 0 Å². The van der Waals surface area contributed by atoms with Crippen molar-refractivity contribution in [3.05, 3.63) is 30.1 Å². The summed E-state index contributed by atoms with van der Waals surface area (Å²) >= 11 is 0. The Morgan fingerprint density at radius 3 is 2.88 bits per heavy atom. The van der Waals surface area contributed by atoms with Crippen molar-refractivity contribution >= 4 is 0 Å². The van der Waals surface area contributed by atoms with Crippen LogP contribution in [-0.4, -0.2) is 29.0 Å². The summed E-state index contributed by atoms with van der Waals surface area (Å²) in [6.45, 7) is 1.54. The Kier molecular flexibility index (Phi) is 4.52. The summed E-state index contributed by atoms with van der Waals surface area (Å²) in [5, 5.41) is 8.89. The van der Waals surface area contributed by atoms with Crippen LogP contribution in [0, 0.1) is 11.3 Å². The molecule has 2 rings (SSSR count). The Morgan fingerprint density at radius 1 is 1.41 bits per heavy atom. The van der Waals surface area contributed by atoms with Crippen molar-refractivity contribution in [2.45, 2.75) is 38.1 Å². The third-order valence-electron chi connectivity index (χ3n) is 3.53. The van der Waals surface area contributed by atoms with Crippen molar-refractivity contribution < 1.29 is 0 Å². The number of nitriles is 1. The quantitative estimate of drug-likeness (QED) is 0.728. The van der Waals surface area contributed by atoms with Crippen LogP contribution in [0.1, 0.15) is 31.2 Å². The molecule has 1 saturated carbocycles. The van der Waals surface area contributed by atoms with E-state index in [1.54, 1.807) is 6.20 Å². The molecule has 0 unspecified atom stereocenters. The molecule has 90 valence electrons. The average Bonchev–Trinajstić information content (AvgIpc) is 2.89. The molecule has 1 fully saturated rings. The fourth-order valence-electron chi connectivity index (χ4n) is 2.57. The van der Waals surface area contributed by atoms with E-state index < -0.39 is 0 Å². The van der Waals surface area contributed by atoms with Gasteiger partial charge in [0.05, 0.1) is 12.6 Å². The predicted octanol–water partition coefficient (Wildman–Crippen LogP) is 2.39. The van der Waals surface area contributed by atoms with E-state index in [2.05, 4.69) is 22.0 Å². The lowest BCUT2D eigenvalue weighted by Gasteiger charge is -2.25. The van der Waals surface area contributed by atoms with Crippen LogP contribution >= 0.6 is 0 Å². The van der Waals surface area contributed by atoms with E-state index in [0.717, 1.165) is 13.0 Å². The van der Waals surface area contributed by atoms with Gasteiger partial charge in [-0.2, -0.15) is 5.26 Å². The zero-order valence-corrected chi connectivity index (χ0v) is 10.2. The van der Waals surface area contributed by atoms with Gasteiger partial charge in [-0.3, -0.25) is 9.88 Å². The van der Waals surface area contributed by atoms with Crippen molar-refractivity contribution in [3.63, 3.8) is 0 Å². The van der Waals surface area contributed by atoms with Gasteiger partial charge in [-0.15, -0.1) is 0 Å². The summed E-state index contributed by atoms with van der Waals surface area (Å²) in [6, 6.07) is 7.00. The maximum absolute atomic E-state index is 8.89. The maximum Gasteiger partial charge on any atom is 0.0868 e. The number of nitrogens with zero attached hydrogens (tertiary/aromatic N) is 3. The fraction of sp³-hybridized carbons (Fsp3) is 0.571. The van der Waals surface area contributed by atoms with Crippen LogP contribution in [0.2, 0.25) is 0 Å². The molecule has 17 heavy (non-hydrogen) atoms. The molecule has 1 aromatic rings. The van der Waals surface area contributed by atoms with Gasteiger partial charge < -0.3 is 0 Å². The Bertz CT molecular complexity index is 363. The predicted molar refractivity (Wildman–Crippen MR) is 67.4 cm³/mol. The molecule has 1 aliphatic carbocycles. The van der Waals surface area contributed by atoms with E-state index in [9.17, 15) is 0 Å². The summed E-state index contributed by atoms with van der Waals surface area (Å²) in [5.74, 6) is 0. The fourth-order valence-corrected chi connectivity index (χ4v) is 2.57. The normalized spacial score (nSPS) is 16.2. The van der Waals surface area contributed by atoms with E-state index in [1.807, 2.05) is 12.3 Å². The second kappa shape index (κ2) is 6.36. The van der Waals surface area contributed by atoms with Gasteiger partial charge in [-0.1, -0.05) is 18.9 Å². The number of hydrogen-bond acceptors (Lipinski definition) is 3. The third-order valence-corrected chi connectivity index (χ3v) is 3.53. The van der Waals surface area contributed by atoms with Crippen LogP contribution in [0.25, 0.3) is 0 Å². The van der Waals surface area contributed by atoms with Crippen molar-refractivity contribution in [1.82, 2.24) is 9.88 Å². The average molecular weight is 229 g/mol. The van der Waals surface area contributed by atoms with Crippen LogP contribution in [0.5, 0.6) is 0 Å². The van der Waals surface area contributed by atoms with E-state index in [-0.39, 0.29) is 0 Å². The molecule has 1 aromatic heterocycles. The monoisotopic (exact) mass is 229 g/mol. The Hall–Kier alpha value is -1.40. The van der Waals surface area contributed by atoms with Crippen molar-refractivity contribution in [2.24, 2.45) is 0 Å². The minimum atomic E-state index is 0.560. The molecule has 0 spiro atoms. The first-order valence-corrected chi connectivity index (χ1v) is 6.40. The van der Waals surface area contributed by atoms with Crippen molar-refractivity contribution in [3.8, 4) is 6.07 Å². The maximum atomic E-state index is 8.89. The van der Waals surface area contributed by atoms with E-state index in [1.165, 1.54) is 31.2 Å². The topological polar surface area (TPSA) is 39.9 Å². The Labute approximate surface area is 103 Å². The van der Waals surface area contributed by atoms with Crippen molar-refractivity contribution in [1.29, 1.82) is 5.26 Å². The van der Waals surface area contributed by atoms with Crippen LogP contribution in [0.4, 0.5) is 0 Å². The van der Waals surface area contributed by atoms with Crippen LogP contribution in [0.3, 0.4) is 0 Å². The second-order valence-electron chi connectivity index (χ2n) is 4.68. The highest BCUT2D eigenvalue weighted by molar-refractivity contribution is 5.09. The van der Waals surface area contributed by atoms with Gasteiger partial charge in [0.2, 0.25) is 0 Å². The van der Waals surface area contributed by atoms with E-state index in [4.69, 9.17) is 5.26 Å². The summed E-state index contributed by atoms with van der Waals surface area (Å²) in [5.41, 5.74) is 1.26. The molecule has 3 heteroatoms. The Morgan fingerprint density at radius 2 is 2.24 bits per heavy atom. The summed E-state index contributed by atoms with van der Waals surface area (Å²) in [6.07, 6.45) is 9.86. The zero-order valence-electron chi connectivity index (χ0n) is 10.2. The zero-order chi connectivity index (χ0) is 11.9. The summed E-state index contributed by atoms with van der Waals surface area (Å²) < 4.78 is 0. The van der Waals surface area contributed by atoms with E-state index in [0.29, 0.717) is 12.6 Å². The molecular formula is C14H19N3. The summed E-state index contributed by atoms with van der Waals surface area (Å²) in [7, 11) is 0. The van der Waals surface area contributed by atoms with E-state index >= 15 is 0 Å². The molecule has 0 aliphatic heterocycles. The number of pyridine rings is 1. The molecule has 3 nitrogen and oxygen atoms in total. The molecule has 0 N–H and O–H groups in total. The first-order chi connectivity index (χ1) is 8.40. The molecule has 0 bridgehead atoms. The van der Waals surface area contributed by atoms with Gasteiger partial charge in [-0.25, -0.2) is 0 Å². The standard InChI is InChI=1S/C14H19N3/c15-8-11-17(14-5-1-2-6-14)10-7-13-4-3-9-16-12-13/h3-4,9,12,14H,1-2,5-7,10-11H2. The number of rotatable bonds is 5. The Balaban J connectivity index is 1.87. The highest BCUT2D eigenvalue weighted by Crippen LogP contribution is 2.23. The minimum absolute atomic E-state index is 0.560. The third kappa shape index (κ3) is 3.54. The van der Waals surface area contributed by atoms with Gasteiger partial charge in [0.1, 0.15) is 0 Å². The van der Waals surface area contributed by atoms with Gasteiger partial charge in [0, 0.05) is 25.0 Å². The number of aromatic nitrogens is 1. The largest absolute Gasteiger partial charge is 0.287 e. The molecule has 1 aliphatic rings. The molecule has 1 heterocycles. The molecular weight excluding hydrogens is 210 g/mol. The lowest BCUT2D eigenvalue weighted by molar-refractivity contribution is 0.225. The number of hydrogen-bond donors (Lipinski definition) is 0.